The molecule has 0 aromatic heterocycles. The summed E-state index contributed by atoms with van der Waals surface area (Å²) in [6.45, 7) is -0.00100. The maximum atomic E-state index is 12.4. The quantitative estimate of drug-likeness (QED) is 0.238. The Hall–Kier alpha value is -6.20. The van der Waals surface area contributed by atoms with E-state index in [0.717, 1.165) is 36.4 Å². The highest BCUT2D eigenvalue weighted by atomic mass is 16.6. The van der Waals surface area contributed by atoms with Crippen molar-refractivity contribution in [2.24, 2.45) is 0 Å². The van der Waals surface area contributed by atoms with Gasteiger partial charge >= 0.3 is 12.2 Å². The standard InChI is InChI=1S/C23H18N6O12/c1-13-8-9-14(24-22(30)40-11-15-18(26(32)33)4-2-5-19(15)27(34)35)10-17(13)25-23(31)41-12-16-20(28(36)37)6-3-7-21(16)29(38)39/h2-10H,11-12H2,1H3,(H,24,30)(H,25,31). The number of amides is 2. The number of nitro groups is 4. The van der Waals surface area contributed by atoms with Gasteiger partial charge in [0.1, 0.15) is 24.3 Å². The fourth-order valence-corrected chi connectivity index (χ4v) is 3.52. The Morgan fingerprint density at radius 1 is 0.659 bits per heavy atom. The lowest BCUT2D eigenvalue weighted by Crippen LogP contribution is -2.17. The van der Waals surface area contributed by atoms with E-state index in [1.807, 2.05) is 0 Å². The van der Waals surface area contributed by atoms with Gasteiger partial charge in [-0.05, 0) is 36.8 Å². The van der Waals surface area contributed by atoms with Crippen molar-refractivity contribution in [2.45, 2.75) is 20.1 Å². The van der Waals surface area contributed by atoms with Crippen LogP contribution in [0.4, 0.5) is 43.7 Å². The Bertz CT molecular complexity index is 1510. The lowest BCUT2D eigenvalue weighted by Gasteiger charge is -2.12. The Kier molecular flexibility index (Phi) is 9.00. The molecule has 0 spiro atoms. The van der Waals surface area contributed by atoms with Crippen LogP contribution in [0, 0.1) is 47.4 Å². The normalized spacial score (nSPS) is 10.3. The maximum absolute atomic E-state index is 12.4. The first kappa shape index (κ1) is 29.4. The van der Waals surface area contributed by atoms with Crippen molar-refractivity contribution in [1.29, 1.82) is 0 Å². The number of nitro benzene ring substituents is 4. The van der Waals surface area contributed by atoms with Crippen molar-refractivity contribution in [3.8, 4) is 0 Å². The minimum absolute atomic E-state index is 0.0716. The van der Waals surface area contributed by atoms with Gasteiger partial charge in [-0.3, -0.25) is 51.1 Å². The third-order valence-electron chi connectivity index (χ3n) is 5.46. The van der Waals surface area contributed by atoms with E-state index in [9.17, 15) is 50.0 Å². The van der Waals surface area contributed by atoms with E-state index in [1.54, 1.807) is 6.92 Å². The van der Waals surface area contributed by atoms with Gasteiger partial charge in [-0.15, -0.1) is 0 Å². The summed E-state index contributed by atoms with van der Waals surface area (Å²) < 4.78 is 9.89. The molecule has 0 saturated heterocycles. The van der Waals surface area contributed by atoms with Gasteiger partial charge in [-0.1, -0.05) is 6.07 Å². The highest BCUT2D eigenvalue weighted by Crippen LogP contribution is 2.30. The number of nitrogens with one attached hydrogen (secondary N) is 2. The zero-order chi connectivity index (χ0) is 30.3. The summed E-state index contributed by atoms with van der Waals surface area (Å²) in [4.78, 5) is 66.2. The molecular weight excluding hydrogens is 552 g/mol. The zero-order valence-electron chi connectivity index (χ0n) is 20.8. The topological polar surface area (TPSA) is 249 Å². The maximum Gasteiger partial charge on any atom is 0.411 e. The largest absolute Gasteiger partial charge is 0.444 e. The molecule has 0 fully saturated rings. The van der Waals surface area contributed by atoms with Crippen LogP contribution in [0.5, 0.6) is 0 Å². The van der Waals surface area contributed by atoms with Crippen molar-refractivity contribution in [2.75, 3.05) is 10.6 Å². The molecule has 2 N–H and O–H groups in total. The predicted molar refractivity (Wildman–Crippen MR) is 138 cm³/mol. The van der Waals surface area contributed by atoms with Gasteiger partial charge in [0.05, 0.1) is 19.7 Å². The number of carbonyl (C=O) groups is 2. The smallest absolute Gasteiger partial charge is 0.411 e. The van der Waals surface area contributed by atoms with E-state index in [0.29, 0.717) is 5.56 Å². The van der Waals surface area contributed by atoms with Crippen LogP contribution in [0.15, 0.2) is 54.6 Å². The van der Waals surface area contributed by atoms with Gasteiger partial charge in [-0.25, -0.2) is 9.59 Å². The number of ether oxygens (including phenoxy) is 2. The molecule has 0 heterocycles. The first-order valence-electron chi connectivity index (χ1n) is 11.2. The Balaban J connectivity index is 1.68. The number of rotatable bonds is 10. The van der Waals surface area contributed by atoms with Gasteiger partial charge < -0.3 is 9.47 Å². The average molecular weight is 570 g/mol. The van der Waals surface area contributed by atoms with Crippen LogP contribution in [-0.4, -0.2) is 31.9 Å². The molecule has 3 aromatic carbocycles. The second kappa shape index (κ2) is 12.6. The number of anilines is 2. The number of nitrogens with zero attached hydrogens (tertiary/aromatic N) is 4. The minimum atomic E-state index is -1.13. The van der Waals surface area contributed by atoms with Gasteiger partial charge in [0.25, 0.3) is 22.7 Å². The van der Waals surface area contributed by atoms with Crippen molar-refractivity contribution >= 4 is 46.3 Å². The molecule has 3 rings (SSSR count). The summed E-state index contributed by atoms with van der Waals surface area (Å²) in [7, 11) is 0. The second-order valence-electron chi connectivity index (χ2n) is 8.01. The van der Waals surface area contributed by atoms with Crippen LogP contribution in [0.3, 0.4) is 0 Å². The molecular formula is C23H18N6O12. The number of aryl methyl sites for hydroxylation is 1. The van der Waals surface area contributed by atoms with Crippen molar-refractivity contribution in [1.82, 2.24) is 0 Å². The summed E-state index contributed by atoms with van der Waals surface area (Å²) >= 11 is 0. The molecule has 41 heavy (non-hydrogen) atoms. The third-order valence-corrected chi connectivity index (χ3v) is 5.46. The highest BCUT2D eigenvalue weighted by molar-refractivity contribution is 5.89. The fraction of sp³-hybridized carbons (Fsp3) is 0.130. The molecule has 0 bridgehead atoms. The molecule has 2 amide bonds. The Labute approximate surface area is 228 Å². The van der Waals surface area contributed by atoms with Crippen LogP contribution in [0.1, 0.15) is 16.7 Å². The lowest BCUT2D eigenvalue weighted by atomic mass is 10.1. The van der Waals surface area contributed by atoms with Gasteiger partial charge in [0, 0.05) is 35.6 Å². The second-order valence-corrected chi connectivity index (χ2v) is 8.01. The van der Waals surface area contributed by atoms with E-state index >= 15 is 0 Å². The zero-order valence-corrected chi connectivity index (χ0v) is 20.8. The van der Waals surface area contributed by atoms with Crippen molar-refractivity contribution in [3.05, 3.63) is 112 Å². The first-order chi connectivity index (χ1) is 19.4. The Morgan fingerprint density at radius 3 is 1.44 bits per heavy atom. The molecule has 0 unspecified atom stereocenters. The predicted octanol–water partition coefficient (Wildman–Crippen LogP) is 5.13. The van der Waals surface area contributed by atoms with E-state index in [1.165, 1.54) is 18.2 Å². The van der Waals surface area contributed by atoms with Crippen LogP contribution >= 0.6 is 0 Å². The van der Waals surface area contributed by atoms with E-state index < -0.39 is 79.0 Å². The number of hydrogen-bond donors (Lipinski definition) is 2. The third kappa shape index (κ3) is 7.22. The summed E-state index contributed by atoms with van der Waals surface area (Å²) in [6, 6.07) is 10.5. The molecule has 3 aromatic rings. The van der Waals surface area contributed by atoms with E-state index in [4.69, 9.17) is 9.47 Å². The van der Waals surface area contributed by atoms with Gasteiger partial charge in [0.15, 0.2) is 0 Å². The molecule has 18 nitrogen and oxygen atoms in total. The number of benzene rings is 3. The van der Waals surface area contributed by atoms with E-state index in [2.05, 4.69) is 10.6 Å². The molecule has 0 saturated carbocycles. The van der Waals surface area contributed by atoms with Crippen LogP contribution in [-0.2, 0) is 22.7 Å². The molecule has 18 heteroatoms. The molecule has 212 valence electrons. The van der Waals surface area contributed by atoms with Crippen LogP contribution < -0.4 is 10.6 Å². The monoisotopic (exact) mass is 570 g/mol. The van der Waals surface area contributed by atoms with Gasteiger partial charge in [0.2, 0.25) is 0 Å². The molecule has 0 radical (unpaired) electrons. The number of hydrogen-bond acceptors (Lipinski definition) is 12. The van der Waals surface area contributed by atoms with Crippen molar-refractivity contribution in [3.63, 3.8) is 0 Å². The molecule has 0 atom stereocenters. The summed E-state index contributed by atoms with van der Waals surface area (Å²) in [6.07, 6.45) is -2.25. The van der Waals surface area contributed by atoms with Crippen LogP contribution in [0.25, 0.3) is 0 Å². The Morgan fingerprint density at radius 2 is 1.05 bits per heavy atom. The number of carbonyl (C=O) groups excluding carboxylic acids is 2. The highest BCUT2D eigenvalue weighted by Gasteiger charge is 2.27. The van der Waals surface area contributed by atoms with Crippen molar-refractivity contribution < 1.29 is 38.8 Å². The van der Waals surface area contributed by atoms with Crippen LogP contribution in [0.2, 0.25) is 0 Å². The molecule has 0 aliphatic heterocycles. The SMILES string of the molecule is Cc1ccc(NC(=O)OCc2c([N+](=O)[O-])cccc2[N+](=O)[O-])cc1NC(=O)OCc1c([N+](=O)[O-])cccc1[N+](=O)[O-]. The van der Waals surface area contributed by atoms with Gasteiger partial charge in [-0.2, -0.15) is 0 Å². The summed E-state index contributed by atoms with van der Waals surface area (Å²) in [5.74, 6) is 0. The average Bonchev–Trinajstić information content (AvgIpc) is 2.91. The molecule has 0 aliphatic rings. The summed E-state index contributed by atoms with van der Waals surface area (Å²) in [5.41, 5.74) is -2.64. The first-order valence-corrected chi connectivity index (χ1v) is 11.2. The van der Waals surface area contributed by atoms with E-state index in [-0.39, 0.29) is 11.4 Å². The summed E-state index contributed by atoms with van der Waals surface area (Å²) in [5, 5.41) is 49.6. The fourth-order valence-electron chi connectivity index (χ4n) is 3.52. The minimum Gasteiger partial charge on any atom is -0.444 e. The lowest BCUT2D eigenvalue weighted by molar-refractivity contribution is -0.396. The molecule has 0 aliphatic carbocycles.